The quantitative estimate of drug-likeness (QED) is 0.743. The minimum atomic E-state index is -0.528. The number of carbonyl (C=O) groups is 3. The van der Waals surface area contributed by atoms with Crippen LogP contribution in [0.4, 0.5) is 10.5 Å². The van der Waals surface area contributed by atoms with E-state index in [1.807, 2.05) is 18.2 Å². The Bertz CT molecular complexity index is 1040. The van der Waals surface area contributed by atoms with E-state index in [2.05, 4.69) is 10.6 Å². The Labute approximate surface area is 185 Å². The highest BCUT2D eigenvalue weighted by Gasteiger charge is 2.47. The lowest BCUT2D eigenvalue weighted by atomic mass is 9.93. The summed E-state index contributed by atoms with van der Waals surface area (Å²) in [7, 11) is 0. The molecule has 5 rings (SSSR count). The van der Waals surface area contributed by atoms with Crippen molar-refractivity contribution in [3.8, 4) is 11.5 Å². The highest BCUT2D eigenvalue weighted by molar-refractivity contribution is 6.02. The van der Waals surface area contributed by atoms with Gasteiger partial charge in [-0.05, 0) is 49.2 Å². The summed E-state index contributed by atoms with van der Waals surface area (Å²) in [6, 6.07) is 13.1. The molecule has 2 aromatic carbocycles. The zero-order valence-electron chi connectivity index (χ0n) is 17.5. The molecule has 32 heavy (non-hydrogen) atoms. The molecule has 166 valence electrons. The lowest BCUT2D eigenvalue weighted by molar-refractivity contribution is -0.138. The van der Waals surface area contributed by atoms with Gasteiger partial charge in [0.2, 0.25) is 18.6 Å². The van der Waals surface area contributed by atoms with E-state index in [1.54, 1.807) is 30.3 Å². The number of amides is 4. The molecule has 2 N–H and O–H groups in total. The first kappa shape index (κ1) is 20.3. The summed E-state index contributed by atoms with van der Waals surface area (Å²) < 4.78 is 10.7. The van der Waals surface area contributed by atoms with Gasteiger partial charge >= 0.3 is 6.03 Å². The predicted molar refractivity (Wildman–Crippen MR) is 115 cm³/mol. The van der Waals surface area contributed by atoms with E-state index in [0.717, 1.165) is 12.0 Å². The number of rotatable bonds is 5. The first-order valence-corrected chi connectivity index (χ1v) is 10.7. The van der Waals surface area contributed by atoms with Crippen molar-refractivity contribution in [1.82, 2.24) is 15.1 Å². The van der Waals surface area contributed by atoms with Crippen molar-refractivity contribution in [3.63, 3.8) is 0 Å². The fraction of sp³-hybridized carbons (Fsp3) is 0.348. The second kappa shape index (κ2) is 8.51. The minimum Gasteiger partial charge on any atom is -0.454 e. The van der Waals surface area contributed by atoms with Gasteiger partial charge in [-0.2, -0.15) is 0 Å². The van der Waals surface area contributed by atoms with Crippen LogP contribution in [0.1, 0.15) is 18.4 Å². The molecule has 3 aliphatic rings. The predicted octanol–water partition coefficient (Wildman–Crippen LogP) is 1.94. The maximum Gasteiger partial charge on any atom is 0.327 e. The Kier molecular flexibility index (Phi) is 5.40. The van der Waals surface area contributed by atoms with Crippen LogP contribution in [0.25, 0.3) is 0 Å². The second-order valence-electron chi connectivity index (χ2n) is 8.08. The fourth-order valence-corrected chi connectivity index (χ4v) is 4.45. The first-order chi connectivity index (χ1) is 15.6. The number of fused-ring (bicyclic) bond motifs is 2. The van der Waals surface area contributed by atoms with E-state index < -0.39 is 12.1 Å². The van der Waals surface area contributed by atoms with Crippen molar-refractivity contribution in [3.05, 3.63) is 54.1 Å². The molecule has 0 saturated carbocycles. The molecular formula is C23H24N4O5. The largest absolute Gasteiger partial charge is 0.454 e. The molecule has 0 spiro atoms. The van der Waals surface area contributed by atoms with Gasteiger partial charge in [-0.25, -0.2) is 4.79 Å². The zero-order valence-corrected chi connectivity index (χ0v) is 17.5. The summed E-state index contributed by atoms with van der Waals surface area (Å²) in [6.07, 6.45) is 1.51. The molecule has 2 unspecified atom stereocenters. The van der Waals surface area contributed by atoms with Gasteiger partial charge in [0.05, 0.1) is 12.6 Å². The Balaban J connectivity index is 1.36. The van der Waals surface area contributed by atoms with E-state index in [-0.39, 0.29) is 37.7 Å². The number of ether oxygens (including phenoxy) is 2. The van der Waals surface area contributed by atoms with E-state index in [9.17, 15) is 14.4 Å². The molecule has 3 aliphatic heterocycles. The van der Waals surface area contributed by atoms with Crippen LogP contribution in [0.2, 0.25) is 0 Å². The molecule has 0 bridgehead atoms. The zero-order chi connectivity index (χ0) is 22.1. The Hall–Kier alpha value is -3.59. The van der Waals surface area contributed by atoms with Gasteiger partial charge in [0.25, 0.3) is 0 Å². The molecule has 9 nitrogen and oxygen atoms in total. The first-order valence-electron chi connectivity index (χ1n) is 10.7. The van der Waals surface area contributed by atoms with Crippen molar-refractivity contribution in [2.75, 3.05) is 25.2 Å². The summed E-state index contributed by atoms with van der Waals surface area (Å²) in [4.78, 5) is 42.0. The van der Waals surface area contributed by atoms with Crippen LogP contribution < -0.4 is 20.1 Å². The lowest BCUT2D eigenvalue weighted by Crippen LogP contribution is -2.70. The molecular weight excluding hydrogens is 412 g/mol. The van der Waals surface area contributed by atoms with E-state index in [4.69, 9.17) is 9.47 Å². The molecule has 2 saturated heterocycles. The van der Waals surface area contributed by atoms with Crippen molar-refractivity contribution in [1.29, 1.82) is 0 Å². The van der Waals surface area contributed by atoms with Crippen molar-refractivity contribution in [2.45, 2.75) is 31.5 Å². The molecule has 9 heteroatoms. The third-order valence-electron chi connectivity index (χ3n) is 5.98. The molecule has 2 fully saturated rings. The summed E-state index contributed by atoms with van der Waals surface area (Å²) in [6.45, 7) is 0.818. The summed E-state index contributed by atoms with van der Waals surface area (Å²) >= 11 is 0. The van der Waals surface area contributed by atoms with Gasteiger partial charge in [-0.15, -0.1) is 0 Å². The monoisotopic (exact) mass is 436 g/mol. The number of hydrogen-bond acceptors (Lipinski definition) is 6. The number of para-hydroxylation sites is 1. The number of nitrogens with one attached hydrogen (secondary N) is 2. The molecule has 2 aromatic rings. The van der Waals surface area contributed by atoms with Crippen LogP contribution in [-0.4, -0.2) is 59.6 Å². The molecule has 0 aromatic heterocycles. The average molecular weight is 436 g/mol. The number of benzene rings is 2. The van der Waals surface area contributed by atoms with Gasteiger partial charge in [0, 0.05) is 5.69 Å². The van der Waals surface area contributed by atoms with Gasteiger partial charge in [-0.1, -0.05) is 24.3 Å². The van der Waals surface area contributed by atoms with Crippen LogP contribution in [-0.2, 0) is 16.1 Å². The highest BCUT2D eigenvalue weighted by atomic mass is 16.7. The molecule has 3 heterocycles. The molecule has 0 radical (unpaired) electrons. The van der Waals surface area contributed by atoms with Crippen LogP contribution in [0.3, 0.4) is 0 Å². The smallest absolute Gasteiger partial charge is 0.327 e. The van der Waals surface area contributed by atoms with Gasteiger partial charge in [0.1, 0.15) is 12.6 Å². The van der Waals surface area contributed by atoms with Crippen molar-refractivity contribution >= 4 is 23.5 Å². The highest BCUT2D eigenvalue weighted by Crippen LogP contribution is 2.33. The Morgan fingerprint density at radius 3 is 2.75 bits per heavy atom. The minimum absolute atomic E-state index is 0.0933. The normalized spacial score (nSPS) is 22.0. The number of nitrogens with zero attached hydrogens (tertiary/aromatic N) is 2. The van der Waals surface area contributed by atoms with Gasteiger partial charge in [-0.3, -0.25) is 14.5 Å². The Morgan fingerprint density at radius 1 is 1.09 bits per heavy atom. The standard InChI is InChI=1S/C23H24N4O5/c28-20(25-16-5-2-1-3-6-16)13-26-17-7-4-10-24-21(17)22(29)27(23(26)30)12-15-8-9-18-19(11-15)32-14-31-18/h1-3,5-6,8-9,11,17,21,24H,4,7,10,12-14H2,(H,25,28). The van der Waals surface area contributed by atoms with Crippen LogP contribution in [0.15, 0.2) is 48.5 Å². The topological polar surface area (TPSA) is 100 Å². The third kappa shape index (κ3) is 3.87. The van der Waals surface area contributed by atoms with E-state index in [0.29, 0.717) is 30.2 Å². The average Bonchev–Trinajstić information content (AvgIpc) is 3.28. The van der Waals surface area contributed by atoms with E-state index in [1.165, 1.54) is 9.80 Å². The lowest BCUT2D eigenvalue weighted by Gasteiger charge is -2.46. The molecule has 2 atom stereocenters. The maximum atomic E-state index is 13.4. The number of anilines is 1. The summed E-state index contributed by atoms with van der Waals surface area (Å²) in [5.74, 6) is 0.661. The SMILES string of the molecule is O=C(CN1C(=O)N(Cc2ccc3c(c2)OCO3)C(=O)C2NCCCC21)Nc1ccccc1. The summed E-state index contributed by atoms with van der Waals surface area (Å²) in [5.41, 5.74) is 1.41. The number of hydrogen-bond donors (Lipinski definition) is 2. The van der Waals surface area contributed by atoms with Crippen LogP contribution in [0, 0.1) is 0 Å². The van der Waals surface area contributed by atoms with Crippen LogP contribution in [0.5, 0.6) is 11.5 Å². The van der Waals surface area contributed by atoms with Crippen LogP contribution >= 0.6 is 0 Å². The molecule has 4 amide bonds. The van der Waals surface area contributed by atoms with E-state index >= 15 is 0 Å². The number of urea groups is 1. The molecule has 0 aliphatic carbocycles. The summed E-state index contributed by atoms with van der Waals surface area (Å²) in [5, 5.41) is 6.06. The number of imide groups is 1. The number of piperidine rings is 1. The second-order valence-corrected chi connectivity index (χ2v) is 8.08. The number of carbonyl (C=O) groups excluding carboxylic acids is 3. The van der Waals surface area contributed by atoms with Gasteiger partial charge in [0.15, 0.2) is 11.5 Å². The third-order valence-corrected chi connectivity index (χ3v) is 5.98. The fourth-order valence-electron chi connectivity index (χ4n) is 4.45. The maximum absolute atomic E-state index is 13.4. The van der Waals surface area contributed by atoms with Crippen molar-refractivity contribution in [2.24, 2.45) is 0 Å². The van der Waals surface area contributed by atoms with Crippen molar-refractivity contribution < 1.29 is 23.9 Å². The Morgan fingerprint density at radius 2 is 1.91 bits per heavy atom. The van der Waals surface area contributed by atoms with Gasteiger partial charge < -0.3 is 25.0 Å².